The third-order valence-corrected chi connectivity index (χ3v) is 1.71. The summed E-state index contributed by atoms with van der Waals surface area (Å²) in [6.07, 6.45) is 0. The number of rotatable bonds is 0. The van der Waals surface area contributed by atoms with Crippen molar-refractivity contribution in [2.45, 2.75) is 33.1 Å². The summed E-state index contributed by atoms with van der Waals surface area (Å²) in [4.78, 5) is 0. The highest BCUT2D eigenvalue weighted by atomic mass is 16.3. The van der Waals surface area contributed by atoms with Crippen molar-refractivity contribution in [2.24, 2.45) is 0 Å². The quantitative estimate of drug-likeness (QED) is 0.669. The van der Waals surface area contributed by atoms with Gasteiger partial charge in [-0.05, 0) is 24.0 Å². The van der Waals surface area contributed by atoms with Crippen molar-refractivity contribution in [3.63, 3.8) is 0 Å². The Kier molecular flexibility index (Phi) is 5.24. The average Bonchev–Trinajstić information content (AvgIpc) is 2.04. The second kappa shape index (κ2) is 5.66. The zero-order valence-electron chi connectivity index (χ0n) is 9.41. The van der Waals surface area contributed by atoms with E-state index in [0.29, 0.717) is 5.75 Å². The van der Waals surface area contributed by atoms with Gasteiger partial charge in [-0.3, -0.25) is 0 Å². The number of aromatic hydroxyl groups is 1. The first-order valence-electron chi connectivity index (χ1n) is 4.82. The van der Waals surface area contributed by atoms with E-state index in [1.165, 1.54) is 0 Å². The molecule has 0 saturated carbocycles. The van der Waals surface area contributed by atoms with E-state index in [1.54, 1.807) is 13.0 Å². The summed E-state index contributed by atoms with van der Waals surface area (Å²) in [5, 5.41) is 17.0. The molecule has 0 amide bonds. The minimum atomic E-state index is 0.0331. The van der Waals surface area contributed by atoms with E-state index in [-0.39, 0.29) is 12.0 Å². The molecule has 1 aromatic rings. The van der Waals surface area contributed by atoms with Gasteiger partial charge in [-0.25, -0.2) is 0 Å². The monoisotopic (exact) mass is 196 g/mol. The molecular weight excluding hydrogens is 176 g/mol. The number of aliphatic hydroxyl groups excluding tert-OH is 1. The Hall–Kier alpha value is -1.02. The lowest BCUT2D eigenvalue weighted by molar-refractivity contribution is 0.318. The molecule has 80 valence electrons. The average molecular weight is 196 g/mol. The van der Waals surface area contributed by atoms with Crippen molar-refractivity contribution in [1.29, 1.82) is 0 Å². The number of para-hydroxylation sites is 1. The Labute approximate surface area is 86.2 Å². The minimum Gasteiger partial charge on any atom is -0.508 e. The fourth-order valence-corrected chi connectivity index (χ4v) is 1.11. The van der Waals surface area contributed by atoms with Crippen LogP contribution in [0, 0.1) is 0 Å². The summed E-state index contributed by atoms with van der Waals surface area (Å²) in [7, 11) is 0. The molecule has 0 saturated heterocycles. The second-order valence-corrected chi connectivity index (χ2v) is 4.08. The summed E-state index contributed by atoms with van der Waals surface area (Å²) in [5.74, 6) is 0.389. The van der Waals surface area contributed by atoms with Crippen LogP contribution in [0.5, 0.6) is 5.75 Å². The molecule has 2 nitrogen and oxygen atoms in total. The number of phenols is 1. The molecule has 0 heterocycles. The lowest BCUT2D eigenvalue weighted by atomic mass is 9.86. The number of benzene rings is 1. The van der Waals surface area contributed by atoms with E-state index >= 15 is 0 Å². The van der Waals surface area contributed by atoms with E-state index < -0.39 is 0 Å². The molecule has 0 radical (unpaired) electrons. The fourth-order valence-electron chi connectivity index (χ4n) is 1.11. The molecule has 0 aliphatic rings. The number of hydrogen-bond donors (Lipinski definition) is 2. The van der Waals surface area contributed by atoms with Gasteiger partial charge in [-0.1, -0.05) is 39.0 Å². The van der Waals surface area contributed by atoms with Crippen molar-refractivity contribution in [1.82, 2.24) is 0 Å². The first-order chi connectivity index (χ1) is 6.43. The van der Waals surface area contributed by atoms with Gasteiger partial charge in [0, 0.05) is 6.61 Å². The van der Waals surface area contributed by atoms with E-state index in [4.69, 9.17) is 5.11 Å². The highest BCUT2D eigenvalue weighted by Gasteiger charge is 2.16. The summed E-state index contributed by atoms with van der Waals surface area (Å²) in [6, 6.07) is 7.46. The van der Waals surface area contributed by atoms with Crippen LogP contribution in [-0.2, 0) is 5.41 Å². The van der Waals surface area contributed by atoms with Crippen LogP contribution < -0.4 is 0 Å². The maximum atomic E-state index is 9.45. The fraction of sp³-hybridized carbons (Fsp3) is 0.500. The summed E-state index contributed by atoms with van der Waals surface area (Å²) in [5.41, 5.74) is 1.03. The Balaban J connectivity index is 0.000000500. The summed E-state index contributed by atoms with van der Waals surface area (Å²) >= 11 is 0. The van der Waals surface area contributed by atoms with E-state index in [9.17, 15) is 5.11 Å². The van der Waals surface area contributed by atoms with Crippen molar-refractivity contribution in [3.05, 3.63) is 29.8 Å². The van der Waals surface area contributed by atoms with Gasteiger partial charge >= 0.3 is 0 Å². The zero-order chi connectivity index (χ0) is 11.2. The van der Waals surface area contributed by atoms with Gasteiger partial charge in [0.25, 0.3) is 0 Å². The Morgan fingerprint density at radius 3 is 1.86 bits per heavy atom. The lowest BCUT2D eigenvalue weighted by Gasteiger charge is -2.19. The van der Waals surface area contributed by atoms with Gasteiger partial charge in [0.05, 0.1) is 0 Å². The Morgan fingerprint density at radius 2 is 1.57 bits per heavy atom. The Morgan fingerprint density at radius 1 is 1.14 bits per heavy atom. The van der Waals surface area contributed by atoms with Crippen LogP contribution >= 0.6 is 0 Å². The predicted molar refractivity (Wildman–Crippen MR) is 59.6 cm³/mol. The van der Waals surface area contributed by atoms with Crippen LogP contribution in [-0.4, -0.2) is 16.8 Å². The van der Waals surface area contributed by atoms with E-state index in [2.05, 4.69) is 20.8 Å². The minimum absolute atomic E-state index is 0.0331. The molecule has 2 N–H and O–H groups in total. The molecule has 0 fully saturated rings. The molecule has 1 aromatic carbocycles. The van der Waals surface area contributed by atoms with Gasteiger partial charge in [0.2, 0.25) is 0 Å². The zero-order valence-corrected chi connectivity index (χ0v) is 9.41. The third kappa shape index (κ3) is 4.28. The molecule has 0 unspecified atom stereocenters. The highest BCUT2D eigenvalue weighted by molar-refractivity contribution is 5.36. The Bertz CT molecular complexity index is 261. The van der Waals surface area contributed by atoms with Crippen LogP contribution in [0.15, 0.2) is 24.3 Å². The van der Waals surface area contributed by atoms with Crippen LogP contribution in [0.4, 0.5) is 0 Å². The van der Waals surface area contributed by atoms with E-state index in [1.807, 2.05) is 18.2 Å². The van der Waals surface area contributed by atoms with Gasteiger partial charge in [-0.2, -0.15) is 0 Å². The van der Waals surface area contributed by atoms with Gasteiger partial charge in [0.15, 0.2) is 0 Å². The van der Waals surface area contributed by atoms with Crippen LogP contribution in [0.2, 0.25) is 0 Å². The first-order valence-corrected chi connectivity index (χ1v) is 4.82. The van der Waals surface area contributed by atoms with Crippen molar-refractivity contribution in [3.8, 4) is 5.75 Å². The SMILES string of the molecule is CC(C)(C)c1ccccc1O.CCO. The smallest absolute Gasteiger partial charge is 0.119 e. The molecule has 2 heteroatoms. The van der Waals surface area contributed by atoms with Crippen LogP contribution in [0.3, 0.4) is 0 Å². The standard InChI is InChI=1S/C10H14O.C2H6O/c1-10(2,3)8-6-4-5-7-9(8)11;1-2-3/h4-7,11H,1-3H3;3H,2H2,1H3. The summed E-state index contributed by atoms with van der Waals surface area (Å²) < 4.78 is 0. The maximum Gasteiger partial charge on any atom is 0.119 e. The summed E-state index contributed by atoms with van der Waals surface area (Å²) in [6.45, 7) is 8.19. The first kappa shape index (κ1) is 13.0. The molecular formula is C12H20O2. The molecule has 0 aliphatic carbocycles. The number of aliphatic hydroxyl groups is 1. The van der Waals surface area contributed by atoms with Crippen molar-refractivity contribution in [2.75, 3.05) is 6.61 Å². The topological polar surface area (TPSA) is 40.5 Å². The molecule has 14 heavy (non-hydrogen) atoms. The second-order valence-electron chi connectivity index (χ2n) is 4.08. The number of hydrogen-bond acceptors (Lipinski definition) is 2. The normalized spacial score (nSPS) is 10.4. The molecule has 1 rings (SSSR count). The largest absolute Gasteiger partial charge is 0.508 e. The van der Waals surface area contributed by atoms with Gasteiger partial charge < -0.3 is 10.2 Å². The molecule has 0 bridgehead atoms. The van der Waals surface area contributed by atoms with Gasteiger partial charge in [-0.15, -0.1) is 0 Å². The van der Waals surface area contributed by atoms with Gasteiger partial charge in [0.1, 0.15) is 5.75 Å². The van der Waals surface area contributed by atoms with E-state index in [0.717, 1.165) is 5.56 Å². The van der Waals surface area contributed by atoms with Crippen LogP contribution in [0.25, 0.3) is 0 Å². The maximum absolute atomic E-state index is 9.45. The molecule has 0 aliphatic heterocycles. The number of phenolic OH excluding ortho intramolecular Hbond substituents is 1. The third-order valence-electron chi connectivity index (χ3n) is 1.71. The van der Waals surface area contributed by atoms with Crippen molar-refractivity contribution >= 4 is 0 Å². The predicted octanol–water partition coefficient (Wildman–Crippen LogP) is 2.69. The molecule has 0 spiro atoms. The molecule has 0 aromatic heterocycles. The molecule has 0 atom stereocenters. The lowest BCUT2D eigenvalue weighted by Crippen LogP contribution is -2.10. The van der Waals surface area contributed by atoms with Crippen LogP contribution in [0.1, 0.15) is 33.3 Å². The van der Waals surface area contributed by atoms with Crippen molar-refractivity contribution < 1.29 is 10.2 Å². The highest BCUT2D eigenvalue weighted by Crippen LogP contribution is 2.29.